The summed E-state index contributed by atoms with van der Waals surface area (Å²) in [7, 11) is 0. The number of furan rings is 1. The van der Waals surface area contributed by atoms with Gasteiger partial charge in [-0.3, -0.25) is 4.90 Å². The summed E-state index contributed by atoms with van der Waals surface area (Å²) in [6.45, 7) is 8.18. The van der Waals surface area contributed by atoms with Crippen molar-refractivity contribution in [3.63, 3.8) is 0 Å². The lowest BCUT2D eigenvalue weighted by Crippen LogP contribution is -2.46. The van der Waals surface area contributed by atoms with Crippen LogP contribution in [0.5, 0.6) is 0 Å². The first-order valence-electron chi connectivity index (χ1n) is 8.60. The van der Waals surface area contributed by atoms with E-state index in [4.69, 9.17) is 4.42 Å². The Morgan fingerprint density at radius 1 is 1.05 bits per heavy atom. The number of hydrogen-bond acceptors (Lipinski definition) is 4. The predicted octanol–water partition coefficient (Wildman–Crippen LogP) is 2.06. The Morgan fingerprint density at radius 3 is 2.52 bits per heavy atom. The molecule has 0 amide bonds. The summed E-state index contributed by atoms with van der Waals surface area (Å²) in [4.78, 5) is 5.23. The number of rotatable bonds is 7. The molecule has 2 saturated carbocycles. The van der Waals surface area contributed by atoms with Gasteiger partial charge >= 0.3 is 0 Å². The second-order valence-electron chi connectivity index (χ2n) is 7.04. The van der Waals surface area contributed by atoms with Gasteiger partial charge in [-0.25, -0.2) is 0 Å². The summed E-state index contributed by atoms with van der Waals surface area (Å²) in [5, 5.41) is 3.55. The number of nitrogens with zero attached hydrogens (tertiary/aromatic N) is 2. The van der Waals surface area contributed by atoms with E-state index in [2.05, 4.69) is 21.2 Å². The Kier molecular flexibility index (Phi) is 4.01. The van der Waals surface area contributed by atoms with Crippen LogP contribution in [0.3, 0.4) is 0 Å². The SMILES string of the molecule is c1cc(CN2CCN(CC3CC3)CC2)c(CNC2CC2)o1. The van der Waals surface area contributed by atoms with Gasteiger partial charge in [-0.2, -0.15) is 0 Å². The smallest absolute Gasteiger partial charge is 0.122 e. The van der Waals surface area contributed by atoms with E-state index in [9.17, 15) is 0 Å². The van der Waals surface area contributed by atoms with Crippen LogP contribution in [0.2, 0.25) is 0 Å². The van der Waals surface area contributed by atoms with Gasteiger partial charge in [0.25, 0.3) is 0 Å². The van der Waals surface area contributed by atoms with Gasteiger partial charge in [-0.05, 0) is 37.7 Å². The second kappa shape index (κ2) is 6.11. The monoisotopic (exact) mass is 289 g/mol. The van der Waals surface area contributed by atoms with E-state index in [0.717, 1.165) is 30.8 Å². The van der Waals surface area contributed by atoms with Crippen LogP contribution < -0.4 is 5.32 Å². The molecule has 1 N–H and O–H groups in total. The van der Waals surface area contributed by atoms with Crippen LogP contribution in [0.25, 0.3) is 0 Å². The van der Waals surface area contributed by atoms with E-state index in [-0.39, 0.29) is 0 Å². The van der Waals surface area contributed by atoms with E-state index < -0.39 is 0 Å². The third-order valence-electron chi connectivity index (χ3n) is 5.04. The highest BCUT2D eigenvalue weighted by atomic mass is 16.3. The third-order valence-corrected chi connectivity index (χ3v) is 5.04. The predicted molar refractivity (Wildman–Crippen MR) is 83.0 cm³/mol. The van der Waals surface area contributed by atoms with Crippen LogP contribution in [0, 0.1) is 5.92 Å². The first-order valence-corrected chi connectivity index (χ1v) is 8.60. The van der Waals surface area contributed by atoms with Crippen LogP contribution in [0.15, 0.2) is 16.7 Å². The lowest BCUT2D eigenvalue weighted by atomic mass is 10.2. The largest absolute Gasteiger partial charge is 0.468 e. The van der Waals surface area contributed by atoms with Crippen LogP contribution >= 0.6 is 0 Å². The summed E-state index contributed by atoms with van der Waals surface area (Å²) in [6, 6.07) is 2.90. The van der Waals surface area contributed by atoms with Gasteiger partial charge < -0.3 is 14.6 Å². The minimum absolute atomic E-state index is 0.744. The summed E-state index contributed by atoms with van der Waals surface area (Å²) >= 11 is 0. The van der Waals surface area contributed by atoms with Crippen LogP contribution in [-0.4, -0.2) is 48.6 Å². The quantitative estimate of drug-likeness (QED) is 0.832. The molecule has 1 aliphatic heterocycles. The lowest BCUT2D eigenvalue weighted by molar-refractivity contribution is 0.123. The standard InChI is InChI=1S/C17H27N3O/c1-2-14(1)12-19-6-8-20(9-7-19)13-15-5-10-21-17(15)11-18-16-3-4-16/h5,10,14,16,18H,1-4,6-9,11-13H2. The minimum Gasteiger partial charge on any atom is -0.468 e. The van der Waals surface area contributed by atoms with E-state index in [0.29, 0.717) is 0 Å². The Hall–Kier alpha value is -0.840. The van der Waals surface area contributed by atoms with Crippen LogP contribution in [0.1, 0.15) is 37.0 Å². The third kappa shape index (κ3) is 3.87. The Balaban J connectivity index is 1.25. The molecule has 1 aromatic rings. The molecule has 4 nitrogen and oxygen atoms in total. The Morgan fingerprint density at radius 2 is 1.81 bits per heavy atom. The zero-order valence-electron chi connectivity index (χ0n) is 12.9. The molecular formula is C17H27N3O. The van der Waals surface area contributed by atoms with E-state index in [1.165, 1.54) is 64.0 Å². The zero-order valence-corrected chi connectivity index (χ0v) is 12.9. The summed E-state index contributed by atoms with van der Waals surface area (Å²) in [6.07, 6.45) is 7.44. The molecule has 1 aromatic heterocycles. The number of piperazine rings is 1. The van der Waals surface area contributed by atoms with Crippen molar-refractivity contribution in [1.29, 1.82) is 0 Å². The van der Waals surface area contributed by atoms with Crippen molar-refractivity contribution in [2.45, 2.75) is 44.8 Å². The van der Waals surface area contributed by atoms with Crippen molar-refractivity contribution in [3.8, 4) is 0 Å². The lowest BCUT2D eigenvalue weighted by Gasteiger charge is -2.34. The molecule has 0 radical (unpaired) electrons. The molecule has 1 saturated heterocycles. The minimum atomic E-state index is 0.744. The molecule has 0 unspecified atom stereocenters. The molecule has 3 aliphatic rings. The van der Waals surface area contributed by atoms with Gasteiger partial charge in [0, 0.05) is 50.9 Å². The van der Waals surface area contributed by atoms with Crippen molar-refractivity contribution in [2.75, 3.05) is 32.7 Å². The van der Waals surface area contributed by atoms with E-state index in [1.807, 2.05) is 6.26 Å². The molecule has 0 aromatic carbocycles. The average Bonchev–Trinajstić information content (AvgIpc) is 3.42. The molecule has 0 atom stereocenters. The average molecular weight is 289 g/mol. The number of hydrogen-bond donors (Lipinski definition) is 1. The molecule has 4 heteroatoms. The van der Waals surface area contributed by atoms with Gasteiger partial charge in [-0.1, -0.05) is 0 Å². The summed E-state index contributed by atoms with van der Waals surface area (Å²) in [5.41, 5.74) is 1.37. The van der Waals surface area contributed by atoms with Gasteiger partial charge in [0.15, 0.2) is 0 Å². The Labute approximate surface area is 127 Å². The molecule has 4 rings (SSSR count). The van der Waals surface area contributed by atoms with Gasteiger partial charge in [-0.15, -0.1) is 0 Å². The number of nitrogens with one attached hydrogen (secondary N) is 1. The fourth-order valence-corrected chi connectivity index (χ4v) is 3.22. The maximum atomic E-state index is 5.67. The highest BCUT2D eigenvalue weighted by Gasteiger charge is 2.27. The maximum absolute atomic E-state index is 5.67. The summed E-state index contributed by atoms with van der Waals surface area (Å²) in [5.74, 6) is 2.16. The van der Waals surface area contributed by atoms with Crippen molar-refractivity contribution in [3.05, 3.63) is 23.7 Å². The van der Waals surface area contributed by atoms with Gasteiger partial charge in [0.05, 0.1) is 12.8 Å². The molecule has 0 spiro atoms. The summed E-state index contributed by atoms with van der Waals surface area (Å²) < 4.78 is 5.67. The van der Waals surface area contributed by atoms with E-state index >= 15 is 0 Å². The molecule has 2 heterocycles. The molecule has 116 valence electrons. The molecule has 2 aliphatic carbocycles. The van der Waals surface area contributed by atoms with E-state index in [1.54, 1.807) is 0 Å². The Bertz CT molecular complexity index is 456. The first-order chi connectivity index (χ1) is 10.4. The normalized spacial score (nSPS) is 24.6. The van der Waals surface area contributed by atoms with Crippen molar-refractivity contribution in [2.24, 2.45) is 5.92 Å². The van der Waals surface area contributed by atoms with Crippen LogP contribution in [0.4, 0.5) is 0 Å². The highest BCUT2D eigenvalue weighted by Crippen LogP contribution is 2.30. The van der Waals surface area contributed by atoms with Gasteiger partial charge in [0.2, 0.25) is 0 Å². The topological polar surface area (TPSA) is 31.6 Å². The second-order valence-corrected chi connectivity index (χ2v) is 7.04. The maximum Gasteiger partial charge on any atom is 0.122 e. The van der Waals surface area contributed by atoms with Gasteiger partial charge in [0.1, 0.15) is 5.76 Å². The fraction of sp³-hybridized carbons (Fsp3) is 0.765. The zero-order chi connectivity index (χ0) is 14.1. The van der Waals surface area contributed by atoms with Crippen molar-refractivity contribution in [1.82, 2.24) is 15.1 Å². The fourth-order valence-electron chi connectivity index (χ4n) is 3.22. The molecule has 0 bridgehead atoms. The first kappa shape index (κ1) is 13.8. The van der Waals surface area contributed by atoms with Crippen molar-refractivity contribution < 1.29 is 4.42 Å². The molecule has 21 heavy (non-hydrogen) atoms. The molecular weight excluding hydrogens is 262 g/mol. The molecule has 3 fully saturated rings. The van der Waals surface area contributed by atoms with Crippen LogP contribution in [-0.2, 0) is 13.1 Å². The van der Waals surface area contributed by atoms with Crippen molar-refractivity contribution >= 4 is 0 Å². The highest BCUT2D eigenvalue weighted by molar-refractivity contribution is 5.17.